The molecule has 8 atom stereocenters. The van der Waals surface area contributed by atoms with Crippen molar-refractivity contribution in [2.24, 2.45) is 58.3 Å². The zero-order chi connectivity index (χ0) is 35.2. The van der Waals surface area contributed by atoms with Crippen molar-refractivity contribution in [3.63, 3.8) is 0 Å². The Bertz CT molecular complexity index is 1550. The zero-order valence-electron chi connectivity index (χ0n) is 30.9. The Hall–Kier alpha value is -2.90. The van der Waals surface area contributed by atoms with Crippen LogP contribution in [0.4, 0.5) is 0 Å². The number of nitrogens with one attached hydrogen (secondary N) is 1. The molecule has 8 unspecified atom stereocenters. The number of ether oxygens (including phenoxy) is 1. The Morgan fingerprint density at radius 3 is 2.38 bits per heavy atom. The number of esters is 1. The Morgan fingerprint density at radius 2 is 1.75 bits per heavy atom. The molecule has 0 radical (unpaired) electrons. The van der Waals surface area contributed by atoms with E-state index in [2.05, 4.69) is 58.5 Å². The van der Waals surface area contributed by atoms with Crippen LogP contribution >= 0.6 is 0 Å². The van der Waals surface area contributed by atoms with E-state index in [4.69, 9.17) is 4.74 Å². The second-order valence-corrected chi connectivity index (χ2v) is 18.3. The molecule has 5 aliphatic rings. The lowest BCUT2D eigenvalue weighted by Gasteiger charge is -2.68. The molecule has 0 amide bonds. The molecule has 1 heterocycles. The molecule has 48 heavy (non-hydrogen) atoms. The summed E-state index contributed by atoms with van der Waals surface area (Å²) in [5.74, 6) is 0.939. The van der Waals surface area contributed by atoms with Crippen LogP contribution in [0.2, 0.25) is 0 Å². The maximum Gasteiger partial charge on any atom is 0.309 e. The number of hydrogen-bond acceptors (Lipinski definition) is 6. The molecule has 6 rings (SSSR count). The fourth-order valence-electron chi connectivity index (χ4n) is 12.3. The van der Waals surface area contributed by atoms with Crippen LogP contribution in [-0.2, 0) is 26.2 Å². The molecular formula is C40H59N3O5. The third-order valence-corrected chi connectivity index (χ3v) is 14.5. The normalized spacial score (nSPS) is 37.3. The molecule has 4 fully saturated rings. The number of rotatable bonds is 8. The molecule has 264 valence electrons. The number of Topliss-reactive ketones (excluding diaryl/α,β-unsaturated/α-hetero) is 1. The number of carbonyl (C=O) groups is 3. The molecule has 4 saturated carbocycles. The Morgan fingerprint density at radius 1 is 1.06 bits per heavy atom. The average molecular weight is 662 g/mol. The van der Waals surface area contributed by atoms with Gasteiger partial charge in [-0.15, -0.1) is 0 Å². The van der Waals surface area contributed by atoms with Crippen molar-refractivity contribution < 1.29 is 24.2 Å². The third-order valence-electron chi connectivity index (χ3n) is 14.5. The molecular weight excluding hydrogens is 602 g/mol. The number of aromatic nitrogens is 2. The molecule has 0 saturated heterocycles. The predicted octanol–water partition coefficient (Wildman–Crippen LogP) is 7.74. The summed E-state index contributed by atoms with van der Waals surface area (Å²) < 4.78 is 7.99. The van der Waals surface area contributed by atoms with E-state index in [1.54, 1.807) is 20.0 Å². The minimum Gasteiger partial charge on any atom is -0.481 e. The molecule has 2 N–H and O–H groups in total. The smallest absolute Gasteiger partial charge is 0.309 e. The second kappa shape index (κ2) is 11.6. The fourth-order valence-corrected chi connectivity index (χ4v) is 12.3. The lowest BCUT2D eigenvalue weighted by molar-refractivity contribution is -0.213. The summed E-state index contributed by atoms with van der Waals surface area (Å²) in [5.41, 5.74) is 2.76. The first kappa shape index (κ1) is 34.9. The lowest BCUT2D eigenvalue weighted by atomic mass is 9.37. The van der Waals surface area contributed by atoms with E-state index in [0.29, 0.717) is 35.9 Å². The lowest BCUT2D eigenvalue weighted by Crippen LogP contribution is -2.64. The molecule has 1 aromatic heterocycles. The van der Waals surface area contributed by atoms with Gasteiger partial charge in [-0.05, 0) is 123 Å². The summed E-state index contributed by atoms with van der Waals surface area (Å²) in [4.78, 5) is 38.6. The maximum absolute atomic E-state index is 13.9. The highest BCUT2D eigenvalue weighted by molar-refractivity contribution is 6.01. The van der Waals surface area contributed by atoms with E-state index in [0.717, 1.165) is 68.3 Å². The summed E-state index contributed by atoms with van der Waals surface area (Å²) in [6, 6.07) is 1.99. The molecule has 1 aromatic rings. The third kappa shape index (κ3) is 5.21. The van der Waals surface area contributed by atoms with Gasteiger partial charge >= 0.3 is 11.9 Å². The van der Waals surface area contributed by atoms with E-state index in [1.807, 2.05) is 17.8 Å². The highest BCUT2D eigenvalue weighted by Crippen LogP contribution is 2.72. The average Bonchev–Trinajstić information content (AvgIpc) is 3.53. The monoisotopic (exact) mass is 661 g/mol. The minimum absolute atomic E-state index is 0.117. The van der Waals surface area contributed by atoms with Crippen molar-refractivity contribution in [3.05, 3.63) is 35.7 Å². The predicted molar refractivity (Wildman–Crippen MR) is 186 cm³/mol. The van der Waals surface area contributed by atoms with Crippen LogP contribution in [-0.4, -0.2) is 44.3 Å². The van der Waals surface area contributed by atoms with Gasteiger partial charge in [-0.3, -0.25) is 19.1 Å². The topological polar surface area (TPSA) is 111 Å². The molecule has 0 spiro atoms. The van der Waals surface area contributed by atoms with Gasteiger partial charge in [0.1, 0.15) is 6.10 Å². The number of nitrogens with zero attached hydrogens (tertiary/aromatic N) is 2. The van der Waals surface area contributed by atoms with Crippen LogP contribution in [0, 0.1) is 51.2 Å². The first-order valence-electron chi connectivity index (χ1n) is 18.4. The van der Waals surface area contributed by atoms with Crippen molar-refractivity contribution in [1.82, 2.24) is 15.1 Å². The van der Waals surface area contributed by atoms with Crippen LogP contribution < -0.4 is 5.32 Å². The quantitative estimate of drug-likeness (QED) is 0.274. The van der Waals surface area contributed by atoms with Crippen LogP contribution in [0.15, 0.2) is 30.0 Å². The number of carboxylic acids is 1. The van der Waals surface area contributed by atoms with Crippen LogP contribution in [0.1, 0.15) is 125 Å². The van der Waals surface area contributed by atoms with Gasteiger partial charge in [-0.2, -0.15) is 5.10 Å². The van der Waals surface area contributed by atoms with Crippen molar-refractivity contribution in [3.8, 4) is 0 Å². The fraction of sp³-hybridized carbons (Fsp3) is 0.750. The first-order chi connectivity index (χ1) is 22.3. The van der Waals surface area contributed by atoms with Gasteiger partial charge in [-0.25, -0.2) is 0 Å². The number of allylic oxidation sites excluding steroid dienone is 1. The SMILES string of the molecule is C=C(NC12CCC3C(CCC4C3(C)CCC3C(C)(C)C(OC(=O)CC(C)(C)C(=O)O)CCC34C)C1=C(C(C)C)C(=O)C2)c1ccnn1C. The van der Waals surface area contributed by atoms with E-state index >= 15 is 0 Å². The number of aryl methyl sites for hydroxylation is 1. The number of ketones is 1. The number of fused-ring (bicyclic) bond motifs is 7. The van der Waals surface area contributed by atoms with Crippen molar-refractivity contribution in [2.75, 3.05) is 0 Å². The van der Waals surface area contributed by atoms with Gasteiger partial charge in [0.2, 0.25) is 0 Å². The Kier molecular flexibility index (Phi) is 8.43. The second-order valence-electron chi connectivity index (χ2n) is 18.3. The van der Waals surface area contributed by atoms with E-state index < -0.39 is 17.4 Å². The summed E-state index contributed by atoms with van der Waals surface area (Å²) in [7, 11) is 1.94. The maximum atomic E-state index is 13.9. The van der Waals surface area contributed by atoms with Gasteiger partial charge in [0.15, 0.2) is 5.78 Å². The number of aliphatic carboxylic acids is 1. The van der Waals surface area contributed by atoms with Gasteiger partial charge in [-0.1, -0.05) is 48.1 Å². The summed E-state index contributed by atoms with van der Waals surface area (Å²) in [5, 5.41) is 17.8. The van der Waals surface area contributed by atoms with Crippen molar-refractivity contribution in [2.45, 2.75) is 131 Å². The zero-order valence-corrected chi connectivity index (χ0v) is 30.9. The number of hydrogen-bond donors (Lipinski definition) is 2. The molecule has 0 bridgehead atoms. The highest BCUT2D eigenvalue weighted by atomic mass is 16.5. The van der Waals surface area contributed by atoms with Crippen LogP contribution in [0.25, 0.3) is 5.70 Å². The largest absolute Gasteiger partial charge is 0.481 e. The standard InChI is InChI=1S/C40H59N3O5/c1-23(2)33-28(44)21-40(42-24(3)27-16-20-41-43(27)10)19-13-26-25(34(33)40)11-12-30-38(26,8)17-14-29-37(6,7)31(15-18-39(29,30)9)48-32(45)22-36(4,5)35(46)47/h16,20,23,25-26,29-31,42H,3,11-15,17-19,21-22H2,1-2,4-10H3,(H,46,47). The highest BCUT2D eigenvalue weighted by Gasteiger charge is 2.66. The molecule has 8 heteroatoms. The van der Waals surface area contributed by atoms with E-state index in [-0.39, 0.29) is 40.2 Å². The summed E-state index contributed by atoms with van der Waals surface area (Å²) >= 11 is 0. The Labute approximate surface area is 287 Å². The van der Waals surface area contributed by atoms with Crippen molar-refractivity contribution >= 4 is 23.4 Å². The van der Waals surface area contributed by atoms with Crippen LogP contribution in [0.3, 0.4) is 0 Å². The van der Waals surface area contributed by atoms with Gasteiger partial charge in [0.25, 0.3) is 0 Å². The molecule has 5 aliphatic carbocycles. The summed E-state index contributed by atoms with van der Waals surface area (Å²) in [6.45, 7) is 21.6. The molecule has 0 aliphatic heterocycles. The van der Waals surface area contributed by atoms with Gasteiger partial charge < -0.3 is 15.2 Å². The van der Waals surface area contributed by atoms with Crippen molar-refractivity contribution in [1.29, 1.82) is 0 Å². The summed E-state index contributed by atoms with van der Waals surface area (Å²) in [6.07, 6.45) is 10.3. The minimum atomic E-state index is -1.15. The first-order valence-corrected chi connectivity index (χ1v) is 18.4. The number of carbonyl (C=O) groups excluding carboxylic acids is 2. The molecule has 0 aromatic carbocycles. The number of carboxylic acid groups (broad SMARTS) is 1. The molecule has 8 nitrogen and oxygen atoms in total. The van der Waals surface area contributed by atoms with E-state index in [1.165, 1.54) is 5.57 Å². The van der Waals surface area contributed by atoms with Gasteiger partial charge in [0.05, 0.1) is 28.8 Å². The Balaban J connectivity index is 1.27. The van der Waals surface area contributed by atoms with Gasteiger partial charge in [0, 0.05) is 25.1 Å². The van der Waals surface area contributed by atoms with E-state index in [9.17, 15) is 19.5 Å². The van der Waals surface area contributed by atoms with Crippen LogP contribution in [0.5, 0.6) is 0 Å².